The van der Waals surface area contributed by atoms with Gasteiger partial charge in [-0.25, -0.2) is 0 Å². The summed E-state index contributed by atoms with van der Waals surface area (Å²) in [4.78, 5) is 0. The summed E-state index contributed by atoms with van der Waals surface area (Å²) >= 11 is 0. The van der Waals surface area contributed by atoms with Gasteiger partial charge in [-0.3, -0.25) is 0 Å². The molecular formula is C23H32O. The Hall–Kier alpha value is -0.820. The van der Waals surface area contributed by atoms with Crippen molar-refractivity contribution in [3.63, 3.8) is 0 Å². The lowest BCUT2D eigenvalue weighted by Gasteiger charge is -2.61. The Morgan fingerprint density at radius 1 is 1.21 bits per heavy atom. The highest BCUT2D eigenvalue weighted by molar-refractivity contribution is 5.55. The average Bonchev–Trinajstić information content (AvgIpc) is 2.87. The lowest BCUT2D eigenvalue weighted by atomic mass is 9.43. The van der Waals surface area contributed by atoms with Crippen molar-refractivity contribution < 1.29 is 5.11 Å². The highest BCUT2D eigenvalue weighted by Gasteiger charge is 2.82. The molecule has 3 saturated carbocycles. The summed E-state index contributed by atoms with van der Waals surface area (Å²) in [7, 11) is 0. The number of rotatable bonds is 1. The number of allylic oxidation sites excluding steroid dienone is 5. The van der Waals surface area contributed by atoms with Gasteiger partial charge in [0.15, 0.2) is 0 Å². The molecule has 24 heavy (non-hydrogen) atoms. The van der Waals surface area contributed by atoms with Crippen LogP contribution in [0.5, 0.6) is 0 Å². The van der Waals surface area contributed by atoms with Gasteiger partial charge in [-0.1, -0.05) is 63.1 Å². The first kappa shape index (κ1) is 15.4. The molecule has 0 unspecified atom stereocenters. The minimum Gasteiger partial charge on any atom is -0.396 e. The van der Waals surface area contributed by atoms with Gasteiger partial charge in [-0.2, -0.15) is 0 Å². The Morgan fingerprint density at radius 2 is 2.00 bits per heavy atom. The summed E-state index contributed by atoms with van der Waals surface area (Å²) in [5.41, 5.74) is 4.18. The van der Waals surface area contributed by atoms with Crippen LogP contribution < -0.4 is 0 Å². The maximum Gasteiger partial charge on any atom is 0.0467 e. The van der Waals surface area contributed by atoms with Crippen molar-refractivity contribution in [1.29, 1.82) is 0 Å². The molecule has 1 nitrogen and oxygen atoms in total. The summed E-state index contributed by atoms with van der Waals surface area (Å²) in [6, 6.07) is 0. The fraction of sp³-hybridized carbons (Fsp3) is 0.739. The lowest BCUT2D eigenvalue weighted by Crippen LogP contribution is -2.53. The fourth-order valence-corrected chi connectivity index (χ4v) is 8.59. The van der Waals surface area contributed by atoms with E-state index in [-0.39, 0.29) is 16.2 Å². The molecule has 1 heteroatoms. The predicted molar refractivity (Wildman–Crippen MR) is 98.4 cm³/mol. The molecule has 130 valence electrons. The van der Waals surface area contributed by atoms with Crippen molar-refractivity contribution in [1.82, 2.24) is 0 Å². The van der Waals surface area contributed by atoms with Crippen LogP contribution in [-0.4, -0.2) is 11.7 Å². The molecule has 0 heterocycles. The van der Waals surface area contributed by atoms with Crippen molar-refractivity contribution in [2.45, 2.75) is 59.3 Å². The lowest BCUT2D eigenvalue weighted by molar-refractivity contribution is -0.00465. The van der Waals surface area contributed by atoms with Crippen LogP contribution in [0.25, 0.3) is 0 Å². The molecule has 5 rings (SSSR count). The molecule has 1 N–H and O–H groups in total. The van der Waals surface area contributed by atoms with Gasteiger partial charge >= 0.3 is 0 Å². The largest absolute Gasteiger partial charge is 0.396 e. The summed E-state index contributed by atoms with van der Waals surface area (Å²) < 4.78 is 0. The standard InChI is InChI=1S/C23H32O/c1-15-13-18-21(4)16(7-6-11-23(21)19(15)20(23,2)3)9-12-22(18)10-5-8-17(22)14-24/h6,11,13,16-17,19,24H,1,5,7-10,12,14H2,2-4H3/t16-,17+,19-,21+,22-,23-/m0/s1. The maximum absolute atomic E-state index is 10.1. The fourth-order valence-electron chi connectivity index (χ4n) is 8.59. The van der Waals surface area contributed by atoms with Crippen LogP contribution in [0.2, 0.25) is 0 Å². The summed E-state index contributed by atoms with van der Waals surface area (Å²) in [6.07, 6.45) is 15.2. The van der Waals surface area contributed by atoms with Crippen LogP contribution in [0.15, 0.2) is 36.0 Å². The van der Waals surface area contributed by atoms with E-state index in [4.69, 9.17) is 0 Å². The van der Waals surface area contributed by atoms with Crippen molar-refractivity contribution in [3.8, 4) is 0 Å². The molecule has 2 spiro atoms. The van der Waals surface area contributed by atoms with E-state index in [1.165, 1.54) is 44.1 Å². The average molecular weight is 325 g/mol. The summed E-state index contributed by atoms with van der Waals surface area (Å²) in [5.74, 6) is 1.86. The molecule has 0 bridgehead atoms. The Balaban J connectivity index is 1.76. The van der Waals surface area contributed by atoms with E-state index in [9.17, 15) is 5.11 Å². The third kappa shape index (κ3) is 1.31. The second-order valence-electron chi connectivity index (χ2n) is 10.2. The molecule has 0 aromatic carbocycles. The van der Waals surface area contributed by atoms with Gasteiger partial charge in [0.1, 0.15) is 0 Å². The quantitative estimate of drug-likeness (QED) is 0.651. The summed E-state index contributed by atoms with van der Waals surface area (Å²) in [5, 5.41) is 10.1. The van der Waals surface area contributed by atoms with Crippen molar-refractivity contribution >= 4 is 0 Å². The molecule has 5 aliphatic carbocycles. The zero-order chi connectivity index (χ0) is 17.0. The topological polar surface area (TPSA) is 20.2 Å². The number of hydrogen-bond donors (Lipinski definition) is 1. The van der Waals surface area contributed by atoms with Crippen LogP contribution in [-0.2, 0) is 0 Å². The zero-order valence-electron chi connectivity index (χ0n) is 15.6. The highest BCUT2D eigenvalue weighted by atomic mass is 16.3. The minimum atomic E-state index is 0.255. The first-order valence-corrected chi connectivity index (χ1v) is 10.1. The maximum atomic E-state index is 10.1. The SMILES string of the molecule is C=C1C=C2[C@@]3(CCC[C@@H]3CO)CC[C@@H]3CC=C[C@@]4([C@@H]1C4(C)C)[C@@]23C. The smallest absolute Gasteiger partial charge is 0.0467 e. The van der Waals surface area contributed by atoms with E-state index >= 15 is 0 Å². The van der Waals surface area contributed by atoms with Crippen LogP contribution in [0.1, 0.15) is 59.3 Å². The third-order valence-electron chi connectivity index (χ3n) is 9.55. The zero-order valence-corrected chi connectivity index (χ0v) is 15.6. The normalized spacial score (nSPS) is 53.6. The van der Waals surface area contributed by atoms with Gasteiger partial charge in [0, 0.05) is 17.4 Å². The summed E-state index contributed by atoms with van der Waals surface area (Å²) in [6.45, 7) is 12.4. The molecule has 0 saturated heterocycles. The van der Waals surface area contributed by atoms with Crippen molar-refractivity contribution in [2.24, 2.45) is 39.4 Å². The first-order chi connectivity index (χ1) is 11.4. The Kier molecular flexibility index (Phi) is 2.76. The van der Waals surface area contributed by atoms with Crippen LogP contribution in [0, 0.1) is 39.4 Å². The van der Waals surface area contributed by atoms with E-state index in [0.717, 1.165) is 5.92 Å². The molecular weight excluding hydrogens is 292 g/mol. The predicted octanol–water partition coefficient (Wildman–Crippen LogP) is 5.28. The van der Waals surface area contributed by atoms with E-state index in [1.807, 2.05) is 0 Å². The molecule has 0 aromatic rings. The monoisotopic (exact) mass is 324 g/mol. The second-order valence-corrected chi connectivity index (χ2v) is 10.2. The molecule has 0 aliphatic heterocycles. The van der Waals surface area contributed by atoms with E-state index in [1.54, 1.807) is 5.57 Å². The number of hydrogen-bond acceptors (Lipinski definition) is 1. The Labute approximate surface area is 146 Å². The molecule has 0 amide bonds. The minimum absolute atomic E-state index is 0.255. The van der Waals surface area contributed by atoms with Crippen molar-refractivity contribution in [3.05, 3.63) is 36.0 Å². The van der Waals surface area contributed by atoms with Gasteiger partial charge in [0.05, 0.1) is 0 Å². The Morgan fingerprint density at radius 3 is 2.75 bits per heavy atom. The van der Waals surface area contributed by atoms with E-state index in [0.29, 0.717) is 23.9 Å². The number of aliphatic hydroxyl groups is 1. The van der Waals surface area contributed by atoms with Gasteiger partial charge in [-0.05, 0) is 60.7 Å². The second kappa shape index (κ2) is 4.29. The van der Waals surface area contributed by atoms with Gasteiger partial charge < -0.3 is 5.11 Å². The van der Waals surface area contributed by atoms with Crippen LogP contribution in [0.4, 0.5) is 0 Å². The van der Waals surface area contributed by atoms with Gasteiger partial charge in [-0.15, -0.1) is 0 Å². The Bertz CT molecular complexity index is 682. The van der Waals surface area contributed by atoms with E-state index in [2.05, 4.69) is 45.6 Å². The van der Waals surface area contributed by atoms with E-state index < -0.39 is 0 Å². The molecule has 0 radical (unpaired) electrons. The van der Waals surface area contributed by atoms with Crippen molar-refractivity contribution in [2.75, 3.05) is 6.61 Å². The van der Waals surface area contributed by atoms with Gasteiger partial charge in [0.25, 0.3) is 0 Å². The highest BCUT2D eigenvalue weighted by Crippen LogP contribution is 2.87. The first-order valence-electron chi connectivity index (χ1n) is 10.1. The molecule has 5 aliphatic rings. The molecule has 3 fully saturated rings. The van der Waals surface area contributed by atoms with Crippen LogP contribution >= 0.6 is 0 Å². The van der Waals surface area contributed by atoms with Crippen LogP contribution in [0.3, 0.4) is 0 Å². The van der Waals surface area contributed by atoms with Gasteiger partial charge in [0.2, 0.25) is 0 Å². The molecule has 6 atom stereocenters. The molecule has 0 aromatic heterocycles. The third-order valence-corrected chi connectivity index (χ3v) is 9.55. The number of fused-ring (bicyclic) bond motifs is 1. The number of aliphatic hydroxyl groups excluding tert-OH is 1.